The molecule has 176 valence electrons. The molecule has 2 amide bonds. The summed E-state index contributed by atoms with van der Waals surface area (Å²) in [6.45, 7) is -0.0500. The number of carboxylic acid groups (broad SMARTS) is 1. The minimum Gasteiger partial charge on any atom is -0.476 e. The molecule has 0 spiro atoms. The highest BCUT2D eigenvalue weighted by atomic mass is 16.5. The maximum Gasteiger partial charge on any atom is 0.407 e. The number of hydrogen-bond acceptors (Lipinski definition) is 6. The topological polar surface area (TPSA) is 132 Å². The molecule has 3 aromatic rings. The fourth-order valence-corrected chi connectivity index (χ4v) is 4.09. The van der Waals surface area contributed by atoms with Gasteiger partial charge in [-0.2, -0.15) is 5.10 Å². The maximum atomic E-state index is 12.7. The second kappa shape index (κ2) is 9.75. The number of aromatic nitrogens is 2. The summed E-state index contributed by atoms with van der Waals surface area (Å²) in [5, 5.41) is 18.0. The molecule has 10 heteroatoms. The lowest BCUT2D eigenvalue weighted by Crippen LogP contribution is -2.47. The first-order valence-corrected chi connectivity index (χ1v) is 10.6. The average Bonchev–Trinajstić information content (AvgIpc) is 3.35. The summed E-state index contributed by atoms with van der Waals surface area (Å²) in [6, 6.07) is 14.8. The number of nitrogens with one attached hydrogen (secondary N) is 2. The number of amides is 2. The number of fused-ring (bicyclic) bond motifs is 3. The molecule has 1 heterocycles. The first-order chi connectivity index (χ1) is 16.4. The number of carboxylic acids is 1. The summed E-state index contributed by atoms with van der Waals surface area (Å²) in [5.74, 6) is -2.07. The third-order valence-corrected chi connectivity index (χ3v) is 5.57. The van der Waals surface area contributed by atoms with E-state index in [0.29, 0.717) is 0 Å². The average molecular weight is 464 g/mol. The van der Waals surface area contributed by atoms with E-state index in [4.69, 9.17) is 9.47 Å². The number of ether oxygens (including phenoxy) is 2. The second-order valence-corrected chi connectivity index (χ2v) is 7.84. The van der Waals surface area contributed by atoms with Crippen LogP contribution in [0.3, 0.4) is 0 Å². The highest BCUT2D eigenvalue weighted by molar-refractivity contribution is 6.01. The van der Waals surface area contributed by atoms with Crippen LogP contribution >= 0.6 is 0 Å². The van der Waals surface area contributed by atoms with E-state index >= 15 is 0 Å². The molecule has 1 aliphatic rings. The molecule has 0 saturated carbocycles. The number of hydrogen-bond donors (Lipinski definition) is 3. The monoisotopic (exact) mass is 464 g/mol. The molecule has 1 aromatic heterocycles. The fraction of sp³-hybridized carbons (Fsp3) is 0.250. The van der Waals surface area contributed by atoms with Crippen LogP contribution in [0.1, 0.15) is 27.5 Å². The summed E-state index contributed by atoms with van der Waals surface area (Å²) in [7, 11) is 2.91. The van der Waals surface area contributed by atoms with E-state index in [2.05, 4.69) is 15.7 Å². The number of alkyl carbamates (subject to hydrolysis) is 1. The molecule has 0 aliphatic heterocycles. The van der Waals surface area contributed by atoms with Gasteiger partial charge in [-0.05, 0) is 22.3 Å². The molecule has 0 radical (unpaired) electrons. The molecule has 1 atom stereocenters. The smallest absolute Gasteiger partial charge is 0.407 e. The van der Waals surface area contributed by atoms with Crippen molar-refractivity contribution in [2.75, 3.05) is 25.6 Å². The summed E-state index contributed by atoms with van der Waals surface area (Å²) in [4.78, 5) is 36.6. The Morgan fingerprint density at radius 3 is 2.29 bits per heavy atom. The van der Waals surface area contributed by atoms with Gasteiger partial charge in [-0.25, -0.2) is 9.59 Å². The second-order valence-electron chi connectivity index (χ2n) is 7.84. The van der Waals surface area contributed by atoms with Gasteiger partial charge in [-0.1, -0.05) is 48.5 Å². The number of carbonyl (C=O) groups excluding carboxylic acids is 2. The maximum absolute atomic E-state index is 12.7. The lowest BCUT2D eigenvalue weighted by atomic mass is 9.98. The van der Waals surface area contributed by atoms with Crippen LogP contribution in [0.4, 0.5) is 10.5 Å². The molecule has 0 saturated heterocycles. The van der Waals surface area contributed by atoms with Gasteiger partial charge in [0.15, 0.2) is 5.69 Å². The van der Waals surface area contributed by atoms with E-state index in [9.17, 15) is 19.5 Å². The van der Waals surface area contributed by atoms with Crippen molar-refractivity contribution in [1.82, 2.24) is 15.1 Å². The van der Waals surface area contributed by atoms with Crippen LogP contribution in [-0.2, 0) is 21.3 Å². The zero-order chi connectivity index (χ0) is 24.2. The van der Waals surface area contributed by atoms with Crippen LogP contribution in [0.2, 0.25) is 0 Å². The molecular weight excluding hydrogens is 440 g/mol. The minimum absolute atomic E-state index is 0.00967. The summed E-state index contributed by atoms with van der Waals surface area (Å²) in [5.41, 5.74) is 4.05. The first kappa shape index (κ1) is 23.0. The number of nitrogens with zero attached hydrogens (tertiary/aromatic N) is 2. The number of aromatic carboxylic acids is 1. The van der Waals surface area contributed by atoms with Gasteiger partial charge in [0.25, 0.3) is 0 Å². The Bertz CT molecular complexity index is 1190. The number of carbonyl (C=O) groups is 3. The van der Waals surface area contributed by atoms with Crippen molar-refractivity contribution in [2.24, 2.45) is 7.05 Å². The van der Waals surface area contributed by atoms with Crippen molar-refractivity contribution in [3.05, 3.63) is 71.5 Å². The standard InChI is InChI=1S/C24H24N4O6/c1-28-11-19(21(27-28)23(30)31)25-22(29)20(13-33-2)26-24(32)34-12-18-16-9-5-3-7-14(16)15-8-4-6-10-17(15)18/h3-11,18,20H,12-13H2,1-2H3,(H,25,29)(H,26,32)(H,30,31)/t20-/m0/s1. The minimum atomic E-state index is -1.29. The molecule has 0 fully saturated rings. The van der Waals surface area contributed by atoms with Crippen LogP contribution in [0.25, 0.3) is 11.1 Å². The quantitative estimate of drug-likeness (QED) is 0.467. The normalized spacial score (nSPS) is 13.0. The molecule has 0 bridgehead atoms. The third kappa shape index (κ3) is 4.62. The number of aryl methyl sites for hydroxylation is 1. The van der Waals surface area contributed by atoms with Crippen LogP contribution in [0.15, 0.2) is 54.7 Å². The van der Waals surface area contributed by atoms with Gasteiger partial charge in [0.1, 0.15) is 12.6 Å². The number of anilines is 1. The molecule has 2 aromatic carbocycles. The highest BCUT2D eigenvalue weighted by Gasteiger charge is 2.30. The summed E-state index contributed by atoms with van der Waals surface area (Å²) in [6.07, 6.45) is 0.571. The Kier molecular flexibility index (Phi) is 6.60. The predicted octanol–water partition coefficient (Wildman–Crippen LogP) is 2.61. The van der Waals surface area contributed by atoms with Crippen molar-refractivity contribution in [2.45, 2.75) is 12.0 Å². The predicted molar refractivity (Wildman–Crippen MR) is 123 cm³/mol. The summed E-state index contributed by atoms with van der Waals surface area (Å²) >= 11 is 0. The molecule has 4 rings (SSSR count). The van der Waals surface area contributed by atoms with Crippen molar-refractivity contribution in [3.63, 3.8) is 0 Å². The van der Waals surface area contributed by atoms with Gasteiger partial charge < -0.3 is 25.2 Å². The van der Waals surface area contributed by atoms with E-state index in [1.807, 2.05) is 48.5 Å². The third-order valence-electron chi connectivity index (χ3n) is 5.57. The van der Waals surface area contributed by atoms with Crippen LogP contribution in [0.5, 0.6) is 0 Å². The molecule has 3 N–H and O–H groups in total. The Balaban J connectivity index is 1.42. The molecule has 0 unspecified atom stereocenters. The molecule has 1 aliphatic carbocycles. The number of benzene rings is 2. The van der Waals surface area contributed by atoms with Gasteiger partial charge in [-0.15, -0.1) is 0 Å². The van der Waals surface area contributed by atoms with Crippen LogP contribution in [-0.4, -0.2) is 59.2 Å². The van der Waals surface area contributed by atoms with Crippen molar-refractivity contribution < 1.29 is 29.0 Å². The Hall–Kier alpha value is -4.18. The zero-order valence-electron chi connectivity index (χ0n) is 18.6. The lowest BCUT2D eigenvalue weighted by Gasteiger charge is -2.19. The van der Waals surface area contributed by atoms with Crippen LogP contribution in [0, 0.1) is 0 Å². The van der Waals surface area contributed by atoms with E-state index in [1.165, 1.54) is 25.0 Å². The van der Waals surface area contributed by atoms with E-state index in [-0.39, 0.29) is 30.5 Å². The van der Waals surface area contributed by atoms with Gasteiger partial charge in [0, 0.05) is 26.3 Å². The molecule has 34 heavy (non-hydrogen) atoms. The molecule has 10 nitrogen and oxygen atoms in total. The summed E-state index contributed by atoms with van der Waals surface area (Å²) < 4.78 is 11.8. The van der Waals surface area contributed by atoms with E-state index in [1.54, 1.807) is 0 Å². The van der Waals surface area contributed by atoms with Crippen molar-refractivity contribution in [3.8, 4) is 11.1 Å². The largest absolute Gasteiger partial charge is 0.476 e. The van der Waals surface area contributed by atoms with Gasteiger partial charge in [0.05, 0.1) is 12.3 Å². The lowest BCUT2D eigenvalue weighted by molar-refractivity contribution is -0.119. The molecular formula is C24H24N4O6. The number of methoxy groups -OCH3 is 1. The fourth-order valence-electron chi connectivity index (χ4n) is 4.09. The Morgan fingerprint density at radius 2 is 1.71 bits per heavy atom. The Morgan fingerprint density at radius 1 is 1.09 bits per heavy atom. The van der Waals surface area contributed by atoms with Crippen molar-refractivity contribution >= 4 is 23.7 Å². The van der Waals surface area contributed by atoms with Gasteiger partial charge in [-0.3, -0.25) is 9.48 Å². The van der Waals surface area contributed by atoms with Gasteiger partial charge in [0.2, 0.25) is 5.91 Å². The Labute approximate surface area is 195 Å². The SMILES string of the molecule is COC[C@H](NC(=O)OCC1c2ccccc2-c2ccccc21)C(=O)Nc1cn(C)nc1C(=O)O. The highest BCUT2D eigenvalue weighted by Crippen LogP contribution is 2.44. The number of rotatable bonds is 8. The van der Waals surface area contributed by atoms with Crippen LogP contribution < -0.4 is 10.6 Å². The zero-order valence-corrected chi connectivity index (χ0v) is 18.6. The van der Waals surface area contributed by atoms with E-state index < -0.39 is 24.0 Å². The van der Waals surface area contributed by atoms with Gasteiger partial charge >= 0.3 is 12.1 Å². The van der Waals surface area contributed by atoms with E-state index in [0.717, 1.165) is 22.3 Å². The first-order valence-electron chi connectivity index (χ1n) is 10.6. The van der Waals surface area contributed by atoms with Crippen molar-refractivity contribution in [1.29, 1.82) is 0 Å².